The second-order valence-corrected chi connectivity index (χ2v) is 7.42. The van der Waals surface area contributed by atoms with Gasteiger partial charge < -0.3 is 5.11 Å². The van der Waals surface area contributed by atoms with Crippen LogP contribution in [0.3, 0.4) is 0 Å². The summed E-state index contributed by atoms with van der Waals surface area (Å²) >= 11 is 0. The molecule has 6 nitrogen and oxygen atoms in total. The number of carboxylic acid groups (broad SMARTS) is 1. The fourth-order valence-electron chi connectivity index (χ4n) is 2.24. The summed E-state index contributed by atoms with van der Waals surface area (Å²) in [6.45, 7) is 1.91. The Morgan fingerprint density at radius 1 is 1.50 bits per heavy atom. The van der Waals surface area contributed by atoms with Gasteiger partial charge in [-0.3, -0.25) is 9.78 Å². The minimum atomic E-state index is -3.43. The Kier molecular flexibility index (Phi) is 4.10. The van der Waals surface area contributed by atoms with Crippen molar-refractivity contribution in [2.75, 3.05) is 18.8 Å². The van der Waals surface area contributed by atoms with Gasteiger partial charge in [-0.15, -0.1) is 0 Å². The summed E-state index contributed by atoms with van der Waals surface area (Å²) in [5.41, 5.74) is -0.255. The maximum absolute atomic E-state index is 12.2. The summed E-state index contributed by atoms with van der Waals surface area (Å²) in [6.07, 6.45) is 2.31. The van der Waals surface area contributed by atoms with Gasteiger partial charge in [0.1, 0.15) is 0 Å². The third-order valence-electron chi connectivity index (χ3n) is 3.69. The molecule has 0 aliphatic carbocycles. The minimum absolute atomic E-state index is 0.0420. The predicted molar refractivity (Wildman–Crippen MR) is 73.7 cm³/mol. The standard InChI is InChI=1S/C13H18N2O4S/c1-13(12(16)17)6-8-15(10-13)20(18,19)9-5-11-4-2-3-7-14-11/h2-4,7H,5-6,8-10H2,1H3,(H,16,17). The molecule has 0 spiro atoms. The van der Waals surface area contributed by atoms with Crippen LogP contribution in [0.25, 0.3) is 0 Å². The van der Waals surface area contributed by atoms with Gasteiger partial charge in [-0.25, -0.2) is 12.7 Å². The van der Waals surface area contributed by atoms with E-state index in [1.165, 1.54) is 4.31 Å². The Labute approximate surface area is 118 Å². The van der Waals surface area contributed by atoms with Gasteiger partial charge in [0.25, 0.3) is 0 Å². The summed E-state index contributed by atoms with van der Waals surface area (Å²) in [5, 5.41) is 9.13. The SMILES string of the molecule is CC1(C(=O)O)CCN(S(=O)(=O)CCc2ccccn2)C1. The lowest BCUT2D eigenvalue weighted by Crippen LogP contribution is -2.36. The molecule has 1 atom stereocenters. The van der Waals surface area contributed by atoms with Gasteiger partial charge in [-0.2, -0.15) is 0 Å². The number of aryl methyl sites for hydroxylation is 1. The number of aliphatic carboxylic acids is 1. The third kappa shape index (κ3) is 3.16. The van der Waals surface area contributed by atoms with E-state index in [4.69, 9.17) is 5.11 Å². The molecule has 1 aromatic rings. The monoisotopic (exact) mass is 298 g/mol. The summed E-state index contributed by atoms with van der Waals surface area (Å²) in [6, 6.07) is 5.37. The second kappa shape index (κ2) is 5.49. The van der Waals surface area contributed by atoms with Crippen LogP contribution < -0.4 is 0 Å². The van der Waals surface area contributed by atoms with Gasteiger partial charge >= 0.3 is 5.97 Å². The predicted octanol–water partition coefficient (Wildman–Crippen LogP) is 0.750. The first-order valence-corrected chi connectivity index (χ1v) is 8.06. The zero-order valence-electron chi connectivity index (χ0n) is 11.3. The van der Waals surface area contributed by atoms with Crippen LogP contribution in [0.15, 0.2) is 24.4 Å². The van der Waals surface area contributed by atoms with Crippen LogP contribution in [0, 0.1) is 5.41 Å². The molecule has 7 heteroatoms. The maximum atomic E-state index is 12.2. The highest BCUT2D eigenvalue weighted by Gasteiger charge is 2.44. The van der Waals surface area contributed by atoms with Crippen LogP contribution in [-0.2, 0) is 21.2 Å². The maximum Gasteiger partial charge on any atom is 0.310 e. The van der Waals surface area contributed by atoms with E-state index in [1.807, 2.05) is 6.07 Å². The molecule has 1 unspecified atom stereocenters. The van der Waals surface area contributed by atoms with E-state index in [2.05, 4.69) is 4.98 Å². The van der Waals surface area contributed by atoms with Crippen LogP contribution in [0.4, 0.5) is 0 Å². The fourth-order valence-corrected chi connectivity index (χ4v) is 3.82. The van der Waals surface area contributed by atoms with Crippen molar-refractivity contribution in [2.45, 2.75) is 19.8 Å². The van der Waals surface area contributed by atoms with Crippen LogP contribution in [-0.4, -0.2) is 47.6 Å². The van der Waals surface area contributed by atoms with E-state index in [-0.39, 0.29) is 18.8 Å². The van der Waals surface area contributed by atoms with Crippen molar-refractivity contribution in [3.05, 3.63) is 30.1 Å². The number of hydrogen-bond acceptors (Lipinski definition) is 4. The Hall–Kier alpha value is -1.47. The van der Waals surface area contributed by atoms with Crippen LogP contribution in [0.5, 0.6) is 0 Å². The van der Waals surface area contributed by atoms with E-state index in [0.717, 1.165) is 5.69 Å². The highest BCUT2D eigenvalue weighted by Crippen LogP contribution is 2.31. The molecular formula is C13H18N2O4S. The van der Waals surface area contributed by atoms with Crippen molar-refractivity contribution in [1.82, 2.24) is 9.29 Å². The van der Waals surface area contributed by atoms with E-state index in [9.17, 15) is 13.2 Å². The number of carboxylic acids is 1. The first kappa shape index (κ1) is 14.9. The number of nitrogens with zero attached hydrogens (tertiary/aromatic N) is 2. The van der Waals surface area contributed by atoms with Crippen molar-refractivity contribution in [1.29, 1.82) is 0 Å². The minimum Gasteiger partial charge on any atom is -0.481 e. The third-order valence-corrected chi connectivity index (χ3v) is 5.51. The molecule has 110 valence electrons. The fraction of sp³-hybridized carbons (Fsp3) is 0.538. The lowest BCUT2D eigenvalue weighted by Gasteiger charge is -2.19. The smallest absolute Gasteiger partial charge is 0.310 e. The van der Waals surface area contributed by atoms with Crippen molar-refractivity contribution < 1.29 is 18.3 Å². The lowest BCUT2D eigenvalue weighted by atomic mass is 9.90. The molecule has 1 aromatic heterocycles. The van der Waals surface area contributed by atoms with Gasteiger partial charge in [0.15, 0.2) is 0 Å². The second-order valence-electron chi connectivity index (χ2n) is 5.34. The molecule has 0 aromatic carbocycles. The summed E-state index contributed by atoms with van der Waals surface area (Å²) in [7, 11) is -3.43. The Bertz CT molecular complexity index is 588. The van der Waals surface area contributed by atoms with Crippen molar-refractivity contribution >= 4 is 16.0 Å². The molecule has 20 heavy (non-hydrogen) atoms. The van der Waals surface area contributed by atoms with Gasteiger partial charge in [0, 0.05) is 31.4 Å². The van der Waals surface area contributed by atoms with Crippen LogP contribution >= 0.6 is 0 Å². The average molecular weight is 298 g/mol. The van der Waals surface area contributed by atoms with Crippen molar-refractivity contribution in [2.24, 2.45) is 5.41 Å². The quantitative estimate of drug-likeness (QED) is 0.866. The average Bonchev–Trinajstić information content (AvgIpc) is 2.83. The molecule has 0 bridgehead atoms. The molecule has 1 fully saturated rings. The summed E-state index contributed by atoms with van der Waals surface area (Å²) in [4.78, 5) is 15.2. The highest BCUT2D eigenvalue weighted by atomic mass is 32.2. The summed E-state index contributed by atoms with van der Waals surface area (Å²) in [5.74, 6) is -0.986. The molecule has 0 radical (unpaired) electrons. The number of hydrogen-bond donors (Lipinski definition) is 1. The topological polar surface area (TPSA) is 87.6 Å². The Morgan fingerprint density at radius 3 is 2.80 bits per heavy atom. The zero-order valence-corrected chi connectivity index (χ0v) is 12.1. The van der Waals surface area contributed by atoms with Gasteiger partial charge in [0.05, 0.1) is 11.2 Å². The normalized spacial score (nSPS) is 23.9. The molecule has 0 amide bonds. The molecule has 2 rings (SSSR count). The first-order chi connectivity index (χ1) is 9.33. The number of pyridine rings is 1. The highest BCUT2D eigenvalue weighted by molar-refractivity contribution is 7.89. The Balaban J connectivity index is 2.00. The molecule has 1 saturated heterocycles. The first-order valence-electron chi connectivity index (χ1n) is 6.45. The largest absolute Gasteiger partial charge is 0.481 e. The molecule has 1 aliphatic heterocycles. The van der Waals surface area contributed by atoms with Gasteiger partial charge in [-0.05, 0) is 25.5 Å². The van der Waals surface area contributed by atoms with Gasteiger partial charge in [-0.1, -0.05) is 6.07 Å². The summed E-state index contributed by atoms with van der Waals surface area (Å²) < 4.78 is 25.7. The van der Waals surface area contributed by atoms with E-state index in [1.54, 1.807) is 25.3 Å². The number of rotatable bonds is 5. The van der Waals surface area contributed by atoms with Crippen molar-refractivity contribution in [3.8, 4) is 0 Å². The molecule has 0 saturated carbocycles. The lowest BCUT2D eigenvalue weighted by molar-refractivity contribution is -0.146. The molecular weight excluding hydrogens is 280 g/mol. The molecule has 1 N–H and O–H groups in total. The van der Waals surface area contributed by atoms with E-state index in [0.29, 0.717) is 12.8 Å². The molecule has 2 heterocycles. The zero-order chi connectivity index (χ0) is 14.8. The van der Waals surface area contributed by atoms with Gasteiger partial charge in [0.2, 0.25) is 10.0 Å². The van der Waals surface area contributed by atoms with Crippen molar-refractivity contribution in [3.63, 3.8) is 0 Å². The number of carbonyl (C=O) groups is 1. The van der Waals surface area contributed by atoms with E-state index < -0.39 is 21.4 Å². The van der Waals surface area contributed by atoms with E-state index >= 15 is 0 Å². The molecule has 1 aliphatic rings. The van der Waals surface area contributed by atoms with Crippen LogP contribution in [0.2, 0.25) is 0 Å². The number of sulfonamides is 1. The Morgan fingerprint density at radius 2 is 2.25 bits per heavy atom. The van der Waals surface area contributed by atoms with Crippen LogP contribution in [0.1, 0.15) is 19.0 Å². The number of aromatic nitrogens is 1.